The summed E-state index contributed by atoms with van der Waals surface area (Å²) in [4.78, 5) is 27.6. The molecule has 0 radical (unpaired) electrons. The minimum absolute atomic E-state index is 0.0320. The SMILES string of the molecule is O=C(c1ccc(Cl)cc1)N1CC[C@H](N2CCN(c3ncnc4cc(F)c(F)cc34)CC2)C1. The van der Waals surface area contributed by atoms with Crippen molar-refractivity contribution in [1.82, 2.24) is 19.8 Å². The number of hydrogen-bond donors (Lipinski definition) is 0. The van der Waals surface area contributed by atoms with Gasteiger partial charge in [-0.05, 0) is 36.8 Å². The standard InChI is InChI=1S/C23H22ClF2N5O/c24-16-3-1-15(2-4-16)23(32)31-6-5-17(13-31)29-7-9-30(10-8-29)22-18-11-19(25)20(26)12-21(18)27-14-28-22/h1-4,11-12,14,17H,5-10,13H2/t17-/m0/s1. The summed E-state index contributed by atoms with van der Waals surface area (Å²) in [5.41, 5.74) is 1.04. The first-order chi connectivity index (χ1) is 15.5. The predicted molar refractivity (Wildman–Crippen MR) is 119 cm³/mol. The zero-order chi connectivity index (χ0) is 22.2. The number of likely N-dealkylation sites (tertiary alicyclic amines) is 1. The number of anilines is 1. The number of rotatable bonds is 3. The number of fused-ring (bicyclic) bond motifs is 1. The van der Waals surface area contributed by atoms with E-state index < -0.39 is 11.6 Å². The van der Waals surface area contributed by atoms with Gasteiger partial charge in [0.25, 0.3) is 5.91 Å². The number of amides is 1. The minimum Gasteiger partial charge on any atom is -0.353 e. The molecule has 2 aliphatic rings. The van der Waals surface area contributed by atoms with Gasteiger partial charge in [-0.3, -0.25) is 9.69 Å². The Balaban J connectivity index is 1.23. The molecule has 166 valence electrons. The fourth-order valence-electron chi connectivity index (χ4n) is 4.59. The molecule has 2 saturated heterocycles. The van der Waals surface area contributed by atoms with Gasteiger partial charge in [0.15, 0.2) is 11.6 Å². The van der Waals surface area contributed by atoms with Gasteiger partial charge < -0.3 is 9.80 Å². The monoisotopic (exact) mass is 457 g/mol. The van der Waals surface area contributed by atoms with Crippen molar-refractivity contribution in [3.63, 3.8) is 0 Å². The van der Waals surface area contributed by atoms with E-state index in [1.54, 1.807) is 24.3 Å². The Morgan fingerprint density at radius 2 is 1.69 bits per heavy atom. The number of hydrogen-bond acceptors (Lipinski definition) is 5. The first-order valence-corrected chi connectivity index (χ1v) is 11.0. The molecule has 0 saturated carbocycles. The van der Waals surface area contributed by atoms with Crippen LogP contribution in [0.1, 0.15) is 16.8 Å². The predicted octanol–water partition coefficient (Wildman–Crippen LogP) is 3.60. The molecule has 3 aromatic rings. The number of benzene rings is 2. The normalized spacial score (nSPS) is 19.7. The van der Waals surface area contributed by atoms with E-state index in [4.69, 9.17) is 11.6 Å². The highest BCUT2D eigenvalue weighted by Gasteiger charge is 2.33. The molecule has 0 unspecified atom stereocenters. The van der Waals surface area contributed by atoms with Crippen molar-refractivity contribution in [3.05, 3.63) is 64.9 Å². The molecule has 3 heterocycles. The lowest BCUT2D eigenvalue weighted by atomic mass is 10.1. The van der Waals surface area contributed by atoms with E-state index in [1.165, 1.54) is 12.4 Å². The van der Waals surface area contributed by atoms with Crippen LogP contribution in [0.2, 0.25) is 5.02 Å². The Kier molecular flexibility index (Phi) is 5.65. The summed E-state index contributed by atoms with van der Waals surface area (Å²) in [7, 11) is 0. The van der Waals surface area contributed by atoms with E-state index >= 15 is 0 Å². The molecule has 1 amide bonds. The molecule has 9 heteroatoms. The second kappa shape index (κ2) is 8.60. The lowest BCUT2D eigenvalue weighted by molar-refractivity contribution is 0.0775. The zero-order valence-electron chi connectivity index (χ0n) is 17.3. The third kappa shape index (κ3) is 4.00. The Hall–Kier alpha value is -2.84. The fraction of sp³-hybridized carbons (Fsp3) is 0.348. The largest absolute Gasteiger partial charge is 0.353 e. The summed E-state index contributed by atoms with van der Waals surface area (Å²) < 4.78 is 27.4. The van der Waals surface area contributed by atoms with Crippen LogP contribution in [-0.2, 0) is 0 Å². The van der Waals surface area contributed by atoms with E-state index in [0.717, 1.165) is 32.1 Å². The average Bonchev–Trinajstić information content (AvgIpc) is 3.30. The maximum absolute atomic E-state index is 13.8. The Bertz CT molecular complexity index is 1150. The highest BCUT2D eigenvalue weighted by Crippen LogP contribution is 2.27. The van der Waals surface area contributed by atoms with Gasteiger partial charge in [0.05, 0.1) is 5.52 Å². The smallest absolute Gasteiger partial charge is 0.253 e. The van der Waals surface area contributed by atoms with Crippen LogP contribution in [0.15, 0.2) is 42.7 Å². The molecular formula is C23H22ClF2N5O. The van der Waals surface area contributed by atoms with Crippen LogP contribution in [0.3, 0.4) is 0 Å². The highest BCUT2D eigenvalue weighted by molar-refractivity contribution is 6.30. The number of halogens is 3. The molecule has 2 fully saturated rings. The first-order valence-electron chi connectivity index (χ1n) is 10.6. The van der Waals surface area contributed by atoms with Crippen molar-refractivity contribution in [2.75, 3.05) is 44.2 Å². The maximum atomic E-state index is 13.8. The fourth-order valence-corrected chi connectivity index (χ4v) is 4.71. The lowest BCUT2D eigenvalue weighted by Crippen LogP contribution is -2.51. The molecular weight excluding hydrogens is 436 g/mol. The summed E-state index contributed by atoms with van der Waals surface area (Å²) in [6, 6.07) is 9.58. The second-order valence-corrected chi connectivity index (χ2v) is 8.64. The van der Waals surface area contributed by atoms with Crippen molar-refractivity contribution in [2.24, 2.45) is 0 Å². The van der Waals surface area contributed by atoms with Crippen LogP contribution in [0, 0.1) is 11.6 Å². The summed E-state index contributed by atoms with van der Waals surface area (Å²) in [6.07, 6.45) is 2.32. The number of carbonyl (C=O) groups is 1. The third-order valence-corrected chi connectivity index (χ3v) is 6.58. The average molecular weight is 458 g/mol. The zero-order valence-corrected chi connectivity index (χ0v) is 18.1. The van der Waals surface area contributed by atoms with E-state index in [2.05, 4.69) is 19.8 Å². The molecule has 32 heavy (non-hydrogen) atoms. The molecule has 2 aromatic carbocycles. The molecule has 5 rings (SSSR count). The second-order valence-electron chi connectivity index (χ2n) is 8.20. The molecule has 6 nitrogen and oxygen atoms in total. The molecule has 2 aliphatic heterocycles. The molecule has 0 bridgehead atoms. The topological polar surface area (TPSA) is 52.6 Å². The summed E-state index contributed by atoms with van der Waals surface area (Å²) >= 11 is 5.92. The molecule has 0 spiro atoms. The summed E-state index contributed by atoms with van der Waals surface area (Å²) in [5, 5.41) is 1.13. The van der Waals surface area contributed by atoms with Gasteiger partial charge in [0.2, 0.25) is 0 Å². The summed E-state index contributed by atoms with van der Waals surface area (Å²) in [6.45, 7) is 4.47. The van der Waals surface area contributed by atoms with Crippen molar-refractivity contribution in [2.45, 2.75) is 12.5 Å². The van der Waals surface area contributed by atoms with Crippen molar-refractivity contribution in [1.29, 1.82) is 0 Å². The van der Waals surface area contributed by atoms with Crippen molar-refractivity contribution in [3.8, 4) is 0 Å². The van der Waals surface area contributed by atoms with Gasteiger partial charge in [0.1, 0.15) is 12.1 Å². The van der Waals surface area contributed by atoms with Gasteiger partial charge in [-0.1, -0.05) is 11.6 Å². The lowest BCUT2D eigenvalue weighted by Gasteiger charge is -2.38. The molecule has 1 atom stereocenters. The highest BCUT2D eigenvalue weighted by atomic mass is 35.5. The van der Waals surface area contributed by atoms with E-state index in [1.807, 2.05) is 4.90 Å². The Morgan fingerprint density at radius 3 is 2.44 bits per heavy atom. The summed E-state index contributed by atoms with van der Waals surface area (Å²) in [5.74, 6) is -1.15. The number of nitrogens with zero attached hydrogens (tertiary/aromatic N) is 5. The quantitative estimate of drug-likeness (QED) is 0.601. The van der Waals surface area contributed by atoms with Crippen molar-refractivity contribution >= 4 is 34.2 Å². The number of carbonyl (C=O) groups excluding carboxylic acids is 1. The Labute approximate surface area is 189 Å². The van der Waals surface area contributed by atoms with E-state index in [0.29, 0.717) is 53.0 Å². The number of piperazine rings is 1. The molecule has 0 N–H and O–H groups in total. The van der Waals surface area contributed by atoms with Gasteiger partial charge in [-0.15, -0.1) is 0 Å². The van der Waals surface area contributed by atoms with Crippen LogP contribution in [-0.4, -0.2) is 71.0 Å². The van der Waals surface area contributed by atoms with Crippen molar-refractivity contribution < 1.29 is 13.6 Å². The minimum atomic E-state index is -0.911. The Morgan fingerprint density at radius 1 is 0.969 bits per heavy atom. The van der Waals surface area contributed by atoms with E-state index in [9.17, 15) is 13.6 Å². The van der Waals surface area contributed by atoms with Crippen LogP contribution >= 0.6 is 11.6 Å². The number of aromatic nitrogens is 2. The third-order valence-electron chi connectivity index (χ3n) is 6.33. The molecule has 1 aromatic heterocycles. The van der Waals surface area contributed by atoms with Gasteiger partial charge >= 0.3 is 0 Å². The van der Waals surface area contributed by atoms with Crippen LogP contribution < -0.4 is 4.90 Å². The van der Waals surface area contributed by atoms with Crippen LogP contribution in [0.25, 0.3) is 10.9 Å². The van der Waals surface area contributed by atoms with E-state index in [-0.39, 0.29) is 5.91 Å². The van der Waals surface area contributed by atoms with Crippen LogP contribution in [0.4, 0.5) is 14.6 Å². The van der Waals surface area contributed by atoms with Gasteiger partial charge in [-0.2, -0.15) is 0 Å². The molecule has 0 aliphatic carbocycles. The van der Waals surface area contributed by atoms with Crippen LogP contribution in [0.5, 0.6) is 0 Å². The first kappa shape index (κ1) is 21.0. The van der Waals surface area contributed by atoms with Gasteiger partial charge in [0, 0.05) is 67.3 Å². The van der Waals surface area contributed by atoms with Gasteiger partial charge in [-0.25, -0.2) is 18.7 Å². The maximum Gasteiger partial charge on any atom is 0.253 e.